The van der Waals surface area contributed by atoms with Crippen molar-refractivity contribution in [3.05, 3.63) is 53.6 Å². The molecule has 26 heavy (non-hydrogen) atoms. The predicted molar refractivity (Wildman–Crippen MR) is 99.0 cm³/mol. The van der Waals surface area contributed by atoms with Crippen molar-refractivity contribution >= 4 is 22.9 Å². The van der Waals surface area contributed by atoms with E-state index in [1.807, 2.05) is 0 Å². The van der Waals surface area contributed by atoms with Crippen LogP contribution in [0.3, 0.4) is 0 Å². The lowest BCUT2D eigenvalue weighted by atomic mass is 9.73. The minimum atomic E-state index is -0.274. The summed E-state index contributed by atoms with van der Waals surface area (Å²) < 4.78 is 10.8. The van der Waals surface area contributed by atoms with Gasteiger partial charge in [-0.05, 0) is 25.5 Å². The number of methoxy groups -OCH3 is 1. The molecule has 1 N–H and O–H groups in total. The summed E-state index contributed by atoms with van der Waals surface area (Å²) in [6.07, 6.45) is 7.00. The number of fused-ring (bicyclic) bond motifs is 6. The molecule has 0 aliphatic carbocycles. The fraction of sp³-hybridized carbons (Fsp3) is 0.381. The van der Waals surface area contributed by atoms with Crippen LogP contribution in [0.5, 0.6) is 0 Å². The maximum Gasteiger partial charge on any atom is 0.337 e. The van der Waals surface area contributed by atoms with Crippen LogP contribution in [0, 0.1) is 11.8 Å². The highest BCUT2D eigenvalue weighted by Crippen LogP contribution is 2.47. The number of hydrogen-bond donors (Lipinski definition) is 1. The van der Waals surface area contributed by atoms with Crippen LogP contribution in [0.1, 0.15) is 30.6 Å². The van der Waals surface area contributed by atoms with Crippen LogP contribution in [-0.2, 0) is 14.3 Å². The van der Waals surface area contributed by atoms with Crippen LogP contribution in [0.2, 0.25) is 0 Å². The Labute approximate surface area is 152 Å². The van der Waals surface area contributed by atoms with Gasteiger partial charge in [-0.1, -0.05) is 18.2 Å². The SMILES string of the molecule is COC(=O)C1=COC(C)C2CN3C=Cc4c([nH]c5ccccc45)C3CC12. The molecule has 0 saturated carbocycles. The molecular formula is C21H22N2O3. The largest absolute Gasteiger partial charge is 0.497 e. The van der Waals surface area contributed by atoms with Gasteiger partial charge in [-0.2, -0.15) is 0 Å². The molecule has 1 aromatic carbocycles. The summed E-state index contributed by atoms with van der Waals surface area (Å²) in [5, 5.41) is 1.25. The first-order valence-electron chi connectivity index (χ1n) is 9.15. The van der Waals surface area contributed by atoms with Crippen LogP contribution in [0.15, 0.2) is 42.3 Å². The fourth-order valence-electron chi connectivity index (χ4n) is 4.81. The average molecular weight is 350 g/mol. The van der Waals surface area contributed by atoms with Crippen molar-refractivity contribution in [1.29, 1.82) is 0 Å². The quantitative estimate of drug-likeness (QED) is 0.799. The van der Waals surface area contributed by atoms with Crippen molar-refractivity contribution in [1.82, 2.24) is 9.88 Å². The van der Waals surface area contributed by atoms with Crippen LogP contribution in [0.4, 0.5) is 0 Å². The maximum absolute atomic E-state index is 12.3. The average Bonchev–Trinajstić information content (AvgIpc) is 3.06. The first kappa shape index (κ1) is 15.6. The topological polar surface area (TPSA) is 54.6 Å². The van der Waals surface area contributed by atoms with Gasteiger partial charge >= 0.3 is 5.97 Å². The number of carbonyl (C=O) groups is 1. The van der Waals surface area contributed by atoms with Crippen molar-refractivity contribution in [3.63, 3.8) is 0 Å². The number of nitrogens with zero attached hydrogens (tertiary/aromatic N) is 1. The molecule has 4 unspecified atom stereocenters. The molecule has 4 heterocycles. The molecule has 0 spiro atoms. The Morgan fingerprint density at radius 2 is 2.19 bits per heavy atom. The van der Waals surface area contributed by atoms with Crippen molar-refractivity contribution < 1.29 is 14.3 Å². The van der Waals surface area contributed by atoms with E-state index in [9.17, 15) is 4.79 Å². The number of carbonyl (C=O) groups excluding carboxylic acids is 1. The van der Waals surface area contributed by atoms with Crippen molar-refractivity contribution in [2.24, 2.45) is 11.8 Å². The van der Waals surface area contributed by atoms with E-state index in [-0.39, 0.29) is 30.0 Å². The van der Waals surface area contributed by atoms with E-state index in [1.165, 1.54) is 23.8 Å². The highest BCUT2D eigenvalue weighted by molar-refractivity contribution is 5.91. The number of H-pyrrole nitrogens is 1. The number of para-hydroxylation sites is 1. The summed E-state index contributed by atoms with van der Waals surface area (Å²) in [5.41, 5.74) is 4.34. The smallest absolute Gasteiger partial charge is 0.337 e. The third-order valence-electron chi connectivity index (χ3n) is 6.19. The van der Waals surface area contributed by atoms with Gasteiger partial charge in [-0.15, -0.1) is 0 Å². The van der Waals surface area contributed by atoms with Gasteiger partial charge in [0.05, 0.1) is 25.0 Å². The molecule has 134 valence electrons. The zero-order chi connectivity index (χ0) is 17.8. The lowest BCUT2D eigenvalue weighted by molar-refractivity contribution is -0.138. The van der Waals surface area contributed by atoms with E-state index < -0.39 is 0 Å². The van der Waals surface area contributed by atoms with E-state index in [1.54, 1.807) is 6.26 Å². The number of rotatable bonds is 1. The Hall–Kier alpha value is -2.69. The number of hydrogen-bond acceptors (Lipinski definition) is 4. The van der Waals surface area contributed by atoms with Crippen molar-refractivity contribution in [3.8, 4) is 0 Å². The Morgan fingerprint density at radius 3 is 3.04 bits per heavy atom. The van der Waals surface area contributed by atoms with Gasteiger partial charge in [-0.25, -0.2) is 4.79 Å². The van der Waals surface area contributed by atoms with Gasteiger partial charge < -0.3 is 19.4 Å². The van der Waals surface area contributed by atoms with Crippen molar-refractivity contribution in [2.75, 3.05) is 13.7 Å². The van der Waals surface area contributed by atoms with Gasteiger partial charge in [0.1, 0.15) is 6.10 Å². The highest BCUT2D eigenvalue weighted by Gasteiger charge is 2.45. The van der Waals surface area contributed by atoms with Gasteiger partial charge in [-0.3, -0.25) is 0 Å². The molecule has 3 aliphatic rings. The van der Waals surface area contributed by atoms with Gasteiger partial charge in [0.2, 0.25) is 0 Å². The molecule has 0 radical (unpaired) electrons. The molecule has 1 saturated heterocycles. The third kappa shape index (κ3) is 2.13. The minimum absolute atomic E-state index is 0.0897. The molecule has 0 amide bonds. The normalized spacial score (nSPS) is 29.3. The summed E-state index contributed by atoms with van der Waals surface area (Å²) in [7, 11) is 1.44. The lowest BCUT2D eigenvalue weighted by Crippen LogP contribution is -2.48. The van der Waals surface area contributed by atoms with Crippen LogP contribution in [-0.4, -0.2) is 35.6 Å². The number of esters is 1. The minimum Gasteiger partial charge on any atom is -0.497 e. The summed E-state index contributed by atoms with van der Waals surface area (Å²) in [5.74, 6) is 0.155. The third-order valence-corrected chi connectivity index (χ3v) is 6.19. The van der Waals surface area contributed by atoms with Crippen molar-refractivity contribution in [2.45, 2.75) is 25.5 Å². The van der Waals surface area contributed by atoms with Gasteiger partial charge in [0.15, 0.2) is 0 Å². The van der Waals surface area contributed by atoms with Crippen LogP contribution >= 0.6 is 0 Å². The van der Waals surface area contributed by atoms with E-state index in [4.69, 9.17) is 9.47 Å². The Balaban J connectivity index is 1.57. The van der Waals surface area contributed by atoms with E-state index in [2.05, 4.69) is 53.3 Å². The second kappa shape index (κ2) is 5.66. The Kier molecular flexibility index (Phi) is 3.39. The summed E-state index contributed by atoms with van der Waals surface area (Å²) in [4.78, 5) is 18.3. The number of piperidine rings is 1. The first-order chi connectivity index (χ1) is 12.7. The summed E-state index contributed by atoms with van der Waals surface area (Å²) >= 11 is 0. The highest BCUT2D eigenvalue weighted by atomic mass is 16.5. The number of ether oxygens (including phenoxy) is 2. The number of nitrogens with one attached hydrogen (secondary N) is 1. The van der Waals surface area contributed by atoms with E-state index in [0.29, 0.717) is 5.57 Å². The van der Waals surface area contributed by atoms with Crippen LogP contribution in [0.25, 0.3) is 17.0 Å². The number of aromatic nitrogens is 1. The van der Waals surface area contributed by atoms with E-state index >= 15 is 0 Å². The molecule has 1 fully saturated rings. The molecule has 3 aliphatic heterocycles. The lowest BCUT2D eigenvalue weighted by Gasteiger charge is -2.48. The predicted octanol–water partition coefficient (Wildman–Crippen LogP) is 3.61. The standard InChI is InChI=1S/C21H22N2O3/c1-12-16-10-23-8-7-14-13-5-3-4-6-18(13)22-20(14)19(23)9-15(16)17(11-26-12)21(24)25-2/h3-8,11-12,15-16,19,22H,9-10H2,1-2H3. The number of benzene rings is 1. The summed E-state index contributed by atoms with van der Waals surface area (Å²) in [6.45, 7) is 2.96. The zero-order valence-corrected chi connectivity index (χ0v) is 14.9. The molecule has 5 nitrogen and oxygen atoms in total. The van der Waals surface area contributed by atoms with Gasteiger partial charge in [0.25, 0.3) is 0 Å². The Morgan fingerprint density at radius 1 is 1.35 bits per heavy atom. The van der Waals surface area contributed by atoms with Crippen LogP contribution < -0.4 is 0 Å². The molecule has 0 bridgehead atoms. The second-order valence-electron chi connectivity index (χ2n) is 7.44. The zero-order valence-electron chi connectivity index (χ0n) is 14.9. The second-order valence-corrected chi connectivity index (χ2v) is 7.44. The van der Waals surface area contributed by atoms with E-state index in [0.717, 1.165) is 18.5 Å². The molecule has 1 aromatic heterocycles. The first-order valence-corrected chi connectivity index (χ1v) is 9.15. The molecule has 5 rings (SSSR count). The molecule has 2 aromatic rings. The van der Waals surface area contributed by atoms with Gasteiger partial charge in [0, 0.05) is 46.7 Å². The fourth-order valence-corrected chi connectivity index (χ4v) is 4.81. The molecule has 4 atom stereocenters. The number of aromatic amines is 1. The summed E-state index contributed by atoms with van der Waals surface area (Å²) in [6, 6.07) is 8.65. The molecular weight excluding hydrogens is 328 g/mol. The Bertz CT molecular complexity index is 942. The monoisotopic (exact) mass is 350 g/mol. The molecule has 5 heteroatoms. The maximum atomic E-state index is 12.3.